The zero-order chi connectivity index (χ0) is 22.3. The van der Waals surface area contributed by atoms with E-state index in [0.717, 1.165) is 15.3 Å². The highest BCUT2D eigenvalue weighted by Gasteiger charge is 2.25. The second-order valence-electron chi connectivity index (χ2n) is 6.81. The molecule has 0 spiro atoms. The van der Waals surface area contributed by atoms with Crippen LogP contribution in [-0.4, -0.2) is 28.1 Å². The largest absolute Gasteiger partial charge is 0.496 e. The number of carbonyl (C=O) groups is 1. The minimum absolute atomic E-state index is 0.159. The molecule has 158 valence electrons. The number of rotatable bonds is 5. The first kappa shape index (κ1) is 20.5. The first-order chi connectivity index (χ1) is 14.8. The maximum atomic E-state index is 13.1. The highest BCUT2D eigenvalue weighted by molar-refractivity contribution is 7.12. The molecule has 4 rings (SSSR count). The van der Waals surface area contributed by atoms with Crippen molar-refractivity contribution in [2.45, 2.75) is 20.8 Å². The number of pyridine rings is 1. The zero-order valence-electron chi connectivity index (χ0n) is 17.1. The molecule has 4 aromatic rings. The number of aromatic nitrogens is 2. The molecule has 0 aliphatic carbocycles. The highest BCUT2D eigenvalue weighted by atomic mass is 32.1. The van der Waals surface area contributed by atoms with Crippen molar-refractivity contribution in [2.75, 3.05) is 7.11 Å². The van der Waals surface area contributed by atoms with Gasteiger partial charge in [-0.3, -0.25) is 10.1 Å². The average molecular weight is 439 g/mol. The van der Waals surface area contributed by atoms with E-state index in [2.05, 4.69) is 10.1 Å². The summed E-state index contributed by atoms with van der Waals surface area (Å²) < 4.78 is 15.7. The van der Waals surface area contributed by atoms with Crippen molar-refractivity contribution in [1.82, 2.24) is 10.1 Å². The lowest BCUT2D eigenvalue weighted by Crippen LogP contribution is -2.11. The van der Waals surface area contributed by atoms with Crippen molar-refractivity contribution in [3.05, 3.63) is 61.5 Å². The number of thiophene rings is 1. The van der Waals surface area contributed by atoms with Crippen molar-refractivity contribution in [3.63, 3.8) is 0 Å². The van der Waals surface area contributed by atoms with E-state index in [-0.39, 0.29) is 28.5 Å². The van der Waals surface area contributed by atoms with Gasteiger partial charge in [0.05, 0.1) is 40.4 Å². The molecule has 0 aliphatic rings. The Kier molecular flexibility index (Phi) is 5.15. The van der Waals surface area contributed by atoms with Gasteiger partial charge in [0.15, 0.2) is 0 Å². The molecule has 0 radical (unpaired) electrons. The predicted molar refractivity (Wildman–Crippen MR) is 114 cm³/mol. The van der Waals surface area contributed by atoms with Crippen molar-refractivity contribution < 1.29 is 23.7 Å². The van der Waals surface area contributed by atoms with Gasteiger partial charge in [0.25, 0.3) is 5.71 Å². The van der Waals surface area contributed by atoms with E-state index in [9.17, 15) is 14.9 Å². The molecule has 0 saturated carbocycles. The number of hydrogen-bond acceptors (Lipinski definition) is 9. The minimum atomic E-state index is -0.780. The van der Waals surface area contributed by atoms with Crippen LogP contribution in [0.2, 0.25) is 0 Å². The molecule has 0 unspecified atom stereocenters. The Hall–Kier alpha value is -3.79. The molecule has 0 atom stereocenters. The fourth-order valence-corrected chi connectivity index (χ4v) is 4.22. The molecule has 0 amide bonds. The maximum Gasteiger partial charge on any atom is 0.344 e. The van der Waals surface area contributed by atoms with Gasteiger partial charge in [0.1, 0.15) is 5.75 Å². The Morgan fingerprint density at radius 3 is 2.61 bits per heavy atom. The number of fused-ring (bicyclic) bond motifs is 1. The monoisotopic (exact) mass is 439 g/mol. The third-order valence-electron chi connectivity index (χ3n) is 4.72. The van der Waals surface area contributed by atoms with Gasteiger partial charge in [-0.1, -0.05) is 5.16 Å². The van der Waals surface area contributed by atoms with Crippen LogP contribution in [0.15, 0.2) is 34.9 Å². The number of ether oxygens (including phenoxy) is 2. The smallest absolute Gasteiger partial charge is 0.344 e. The fourth-order valence-electron chi connectivity index (χ4n) is 3.29. The van der Waals surface area contributed by atoms with Crippen molar-refractivity contribution in [1.29, 1.82) is 0 Å². The van der Waals surface area contributed by atoms with E-state index in [1.807, 2.05) is 19.9 Å². The van der Waals surface area contributed by atoms with Gasteiger partial charge in [-0.05, 0) is 45.0 Å². The van der Waals surface area contributed by atoms with E-state index in [0.29, 0.717) is 16.8 Å². The minimum Gasteiger partial charge on any atom is -0.496 e. The van der Waals surface area contributed by atoms with E-state index in [4.69, 9.17) is 14.0 Å². The number of aryl methyl sites for hydroxylation is 3. The summed E-state index contributed by atoms with van der Waals surface area (Å²) >= 11 is 1.61. The van der Waals surface area contributed by atoms with Gasteiger partial charge >= 0.3 is 11.7 Å². The van der Waals surface area contributed by atoms with Crippen molar-refractivity contribution in [2.24, 2.45) is 0 Å². The second kappa shape index (κ2) is 7.80. The van der Waals surface area contributed by atoms with Crippen LogP contribution in [0, 0.1) is 30.9 Å². The summed E-state index contributed by atoms with van der Waals surface area (Å²) in [6, 6.07) is 7.56. The van der Waals surface area contributed by atoms with Crippen LogP contribution in [0.25, 0.3) is 22.4 Å². The van der Waals surface area contributed by atoms with Crippen LogP contribution in [0.1, 0.15) is 25.8 Å². The molecule has 3 heterocycles. The number of carbonyl (C=O) groups excluding carboxylic acids is 1. The third-order valence-corrected chi connectivity index (χ3v) is 5.69. The van der Waals surface area contributed by atoms with E-state index < -0.39 is 10.9 Å². The summed E-state index contributed by atoms with van der Waals surface area (Å²) in [6.07, 6.45) is 0. The van der Waals surface area contributed by atoms with Crippen LogP contribution in [0.5, 0.6) is 11.5 Å². The lowest BCUT2D eigenvalue weighted by Gasteiger charge is -2.09. The van der Waals surface area contributed by atoms with Gasteiger partial charge in [-0.25, -0.2) is 9.78 Å². The van der Waals surface area contributed by atoms with E-state index >= 15 is 0 Å². The van der Waals surface area contributed by atoms with Crippen LogP contribution in [-0.2, 0) is 0 Å². The Bertz CT molecular complexity index is 1340. The van der Waals surface area contributed by atoms with Gasteiger partial charge < -0.3 is 14.0 Å². The topological polar surface area (TPSA) is 118 Å². The van der Waals surface area contributed by atoms with E-state index in [1.54, 1.807) is 24.3 Å². The summed E-state index contributed by atoms with van der Waals surface area (Å²) in [6.45, 7) is 5.62. The molecule has 0 fully saturated rings. The summed E-state index contributed by atoms with van der Waals surface area (Å²) in [4.78, 5) is 30.5. The number of benzene rings is 1. The van der Waals surface area contributed by atoms with Gasteiger partial charge in [0, 0.05) is 15.3 Å². The third kappa shape index (κ3) is 3.73. The predicted octanol–water partition coefficient (Wildman–Crippen LogP) is 5.01. The number of esters is 1. The normalized spacial score (nSPS) is 11.0. The van der Waals surface area contributed by atoms with Crippen molar-refractivity contribution >= 4 is 34.1 Å². The molecule has 0 bridgehead atoms. The molecule has 0 saturated heterocycles. The zero-order valence-corrected chi connectivity index (χ0v) is 17.9. The molecule has 3 aromatic heterocycles. The van der Waals surface area contributed by atoms with E-state index in [1.165, 1.54) is 25.3 Å². The number of hydrogen-bond donors (Lipinski definition) is 0. The van der Waals surface area contributed by atoms with Gasteiger partial charge in [-0.15, -0.1) is 11.3 Å². The summed E-state index contributed by atoms with van der Waals surface area (Å²) in [5.41, 5.74) is 1.82. The SMILES string of the molecule is COc1ccc(OC(=O)c2cc(-c3cc(C)sc3C)nc3onc(C)c23)c([N+](=O)[O-])c1. The lowest BCUT2D eigenvalue weighted by molar-refractivity contribution is -0.385. The summed E-state index contributed by atoms with van der Waals surface area (Å²) in [5.74, 6) is -0.699. The molecule has 10 heteroatoms. The molecule has 1 aromatic carbocycles. The van der Waals surface area contributed by atoms with Crippen LogP contribution in [0.4, 0.5) is 5.69 Å². The van der Waals surface area contributed by atoms with Crippen molar-refractivity contribution in [3.8, 4) is 22.8 Å². The molecular formula is C21H17N3O6S. The lowest BCUT2D eigenvalue weighted by atomic mass is 10.1. The van der Waals surface area contributed by atoms with Crippen LogP contribution < -0.4 is 9.47 Å². The molecule has 0 N–H and O–H groups in total. The number of nitrogens with zero attached hydrogens (tertiary/aromatic N) is 3. The Morgan fingerprint density at radius 1 is 1.19 bits per heavy atom. The molecular weight excluding hydrogens is 422 g/mol. The van der Waals surface area contributed by atoms with Crippen LogP contribution >= 0.6 is 11.3 Å². The average Bonchev–Trinajstić information content (AvgIpc) is 3.28. The Balaban J connectivity index is 1.82. The van der Waals surface area contributed by atoms with Gasteiger partial charge in [0.2, 0.25) is 5.75 Å². The van der Waals surface area contributed by atoms with Crippen LogP contribution in [0.3, 0.4) is 0 Å². The number of nitro benzene ring substituents is 1. The number of nitro groups is 1. The first-order valence-electron chi connectivity index (χ1n) is 9.17. The second-order valence-corrected chi connectivity index (χ2v) is 8.27. The first-order valence-corrected chi connectivity index (χ1v) is 9.99. The van der Waals surface area contributed by atoms with Gasteiger partial charge in [-0.2, -0.15) is 0 Å². The Labute approximate surface area is 180 Å². The number of methoxy groups -OCH3 is 1. The highest BCUT2D eigenvalue weighted by Crippen LogP contribution is 2.35. The molecule has 9 nitrogen and oxygen atoms in total. The standard InChI is InChI=1S/C21H17N3O6S/c1-10-7-14(12(3)31-10)16-9-15(19-11(2)23-30-20(19)22-16)21(25)29-18-6-5-13(28-4)8-17(18)24(26)27/h5-9H,1-4H3. The Morgan fingerprint density at radius 2 is 1.97 bits per heavy atom. The summed E-state index contributed by atoms with van der Waals surface area (Å²) in [7, 11) is 1.39. The molecule has 0 aliphatic heterocycles. The maximum absolute atomic E-state index is 13.1. The fraction of sp³-hybridized carbons (Fsp3) is 0.190. The molecule has 31 heavy (non-hydrogen) atoms. The quantitative estimate of drug-likeness (QED) is 0.184. The summed E-state index contributed by atoms with van der Waals surface area (Å²) in [5, 5.41) is 15.7.